The van der Waals surface area contributed by atoms with Crippen molar-refractivity contribution in [1.82, 2.24) is 10.4 Å². The minimum absolute atomic E-state index is 0.156. The number of carbonyl (C=O) groups excluding carboxylic acids is 2. The molecule has 11 heteroatoms. The molecular weight excluding hydrogens is 697 g/mol. The number of benzene rings is 4. The predicted octanol–water partition coefficient (Wildman–Crippen LogP) is 8.66. The van der Waals surface area contributed by atoms with Gasteiger partial charge in [-0.25, -0.2) is 10.2 Å². The Morgan fingerprint density at radius 2 is 1.71 bits per heavy atom. The Bertz CT molecular complexity index is 1820. The number of esters is 1. The number of ether oxygens (including phenoxy) is 2. The van der Waals surface area contributed by atoms with Crippen molar-refractivity contribution >= 4 is 84.1 Å². The lowest BCUT2D eigenvalue weighted by Crippen LogP contribution is -2.19. The second kappa shape index (κ2) is 12.5. The van der Waals surface area contributed by atoms with Crippen molar-refractivity contribution in [2.75, 3.05) is 7.11 Å². The molecule has 1 heterocycles. The molecule has 0 aliphatic heterocycles. The summed E-state index contributed by atoms with van der Waals surface area (Å²) in [4.78, 5) is 29.5. The Hall–Kier alpha value is -3.63. The number of halogens is 4. The zero-order valence-corrected chi connectivity index (χ0v) is 25.9. The summed E-state index contributed by atoms with van der Waals surface area (Å²) < 4.78 is 12.6. The average molecular weight is 716 g/mol. The number of fused-ring (bicyclic) bond motifs is 1. The van der Waals surface area contributed by atoms with Crippen LogP contribution in [0.2, 0.25) is 10.0 Å². The normalized spacial score (nSPS) is 11.1. The predicted molar refractivity (Wildman–Crippen MR) is 169 cm³/mol. The summed E-state index contributed by atoms with van der Waals surface area (Å²) in [7, 11) is 1.57. The van der Waals surface area contributed by atoms with Crippen molar-refractivity contribution < 1.29 is 19.1 Å². The fourth-order valence-corrected chi connectivity index (χ4v) is 5.61. The summed E-state index contributed by atoms with van der Waals surface area (Å²) in [5, 5.41) is 5.52. The van der Waals surface area contributed by atoms with E-state index in [0.717, 1.165) is 15.4 Å². The lowest BCUT2D eigenvalue weighted by Gasteiger charge is -2.09. The third-order valence-electron chi connectivity index (χ3n) is 6.07. The first-order valence-electron chi connectivity index (χ1n) is 12.0. The molecule has 1 amide bonds. The first kappa shape index (κ1) is 28.9. The molecule has 1 aromatic heterocycles. The van der Waals surface area contributed by atoms with Gasteiger partial charge in [0.1, 0.15) is 17.2 Å². The molecule has 5 aromatic rings. The van der Waals surface area contributed by atoms with Gasteiger partial charge in [0.2, 0.25) is 0 Å². The van der Waals surface area contributed by atoms with Gasteiger partial charge in [-0.05, 0) is 54.1 Å². The van der Waals surface area contributed by atoms with Crippen LogP contribution in [-0.2, 0) is 0 Å². The summed E-state index contributed by atoms with van der Waals surface area (Å²) >= 11 is 19.1. The lowest BCUT2D eigenvalue weighted by atomic mass is 10.0. The second-order valence-electron chi connectivity index (χ2n) is 8.64. The summed E-state index contributed by atoms with van der Waals surface area (Å²) in [6.07, 6.45) is 1.39. The number of nitrogens with zero attached hydrogens (tertiary/aromatic N) is 1. The quantitative estimate of drug-likeness (QED) is 0.0764. The molecular formula is C30H19Br2Cl2N3O4. The van der Waals surface area contributed by atoms with Crippen LogP contribution in [0, 0.1) is 0 Å². The largest absolute Gasteiger partial charge is 0.495 e. The molecule has 7 nitrogen and oxygen atoms in total. The number of nitrogens with one attached hydrogen (secondary N) is 2. The smallest absolute Gasteiger partial charge is 0.345 e. The molecule has 0 saturated carbocycles. The number of H-pyrrole nitrogens is 1. The van der Waals surface area contributed by atoms with Crippen molar-refractivity contribution in [3.63, 3.8) is 0 Å². The Balaban J connectivity index is 1.45. The number of hydrogen-bond acceptors (Lipinski definition) is 5. The maximum absolute atomic E-state index is 13.5. The highest BCUT2D eigenvalue weighted by Gasteiger charge is 2.23. The molecule has 4 aromatic carbocycles. The summed E-state index contributed by atoms with van der Waals surface area (Å²) in [5.41, 5.74) is 5.65. The van der Waals surface area contributed by atoms with E-state index in [0.29, 0.717) is 37.6 Å². The first-order valence-corrected chi connectivity index (χ1v) is 14.3. The van der Waals surface area contributed by atoms with Crippen LogP contribution in [0.3, 0.4) is 0 Å². The number of aromatic nitrogens is 1. The summed E-state index contributed by atoms with van der Waals surface area (Å²) in [6.45, 7) is 0. The molecule has 2 N–H and O–H groups in total. The molecule has 0 atom stereocenters. The first-order chi connectivity index (χ1) is 19.8. The summed E-state index contributed by atoms with van der Waals surface area (Å²) in [6, 6.07) is 22.7. The fraction of sp³-hybridized carbons (Fsp3) is 0.0333. The molecule has 0 saturated heterocycles. The van der Waals surface area contributed by atoms with E-state index in [1.807, 2.05) is 42.5 Å². The summed E-state index contributed by atoms with van der Waals surface area (Å²) in [5.74, 6) is -0.347. The highest BCUT2D eigenvalue weighted by Crippen LogP contribution is 2.40. The van der Waals surface area contributed by atoms with E-state index in [1.165, 1.54) is 18.3 Å². The topological polar surface area (TPSA) is 92.8 Å². The highest BCUT2D eigenvalue weighted by atomic mass is 79.9. The van der Waals surface area contributed by atoms with Crippen LogP contribution in [0.25, 0.3) is 22.0 Å². The van der Waals surface area contributed by atoms with Crippen molar-refractivity contribution in [2.45, 2.75) is 0 Å². The van der Waals surface area contributed by atoms with Crippen molar-refractivity contribution in [2.24, 2.45) is 5.10 Å². The van der Waals surface area contributed by atoms with Gasteiger partial charge < -0.3 is 14.5 Å². The van der Waals surface area contributed by atoms with Gasteiger partial charge in [0.15, 0.2) is 0 Å². The van der Waals surface area contributed by atoms with E-state index >= 15 is 0 Å². The Morgan fingerprint density at radius 3 is 2.44 bits per heavy atom. The standard InChI is InChI=1S/C30H19Br2Cl2N3O4/c1-40-24-12-10-21(32)26-25(16-5-3-2-4-6-16)28(36-27(24)26)29(38)37-35-15-17-13-18(31)7-11-23(17)41-30(39)20-9-8-19(33)14-22(20)34/h2-15,36H,1H3,(H,37,38). The molecule has 0 bridgehead atoms. The van der Waals surface area contributed by atoms with Gasteiger partial charge in [0.05, 0.1) is 29.4 Å². The number of hydrogen-bond donors (Lipinski definition) is 2. The van der Waals surface area contributed by atoms with E-state index < -0.39 is 11.9 Å². The number of amides is 1. The van der Waals surface area contributed by atoms with E-state index in [2.05, 4.69) is 47.4 Å². The molecule has 0 aliphatic rings. The van der Waals surface area contributed by atoms with Gasteiger partial charge in [0, 0.05) is 30.5 Å². The molecule has 0 aliphatic carbocycles. The maximum Gasteiger partial charge on any atom is 0.345 e. The van der Waals surface area contributed by atoms with Crippen LogP contribution >= 0.6 is 55.1 Å². The van der Waals surface area contributed by atoms with Crippen LogP contribution in [0.5, 0.6) is 11.5 Å². The van der Waals surface area contributed by atoms with Gasteiger partial charge in [0.25, 0.3) is 5.91 Å². The van der Waals surface area contributed by atoms with Gasteiger partial charge in [-0.1, -0.05) is 85.4 Å². The Morgan fingerprint density at radius 1 is 0.951 bits per heavy atom. The Labute approximate surface area is 261 Å². The average Bonchev–Trinajstić information content (AvgIpc) is 3.37. The minimum Gasteiger partial charge on any atom is -0.495 e. The number of rotatable bonds is 7. The van der Waals surface area contributed by atoms with Gasteiger partial charge in [-0.3, -0.25) is 4.79 Å². The monoisotopic (exact) mass is 713 g/mol. The molecule has 0 spiro atoms. The van der Waals surface area contributed by atoms with Crippen LogP contribution in [0.15, 0.2) is 92.9 Å². The number of carbonyl (C=O) groups is 2. The maximum atomic E-state index is 13.5. The highest BCUT2D eigenvalue weighted by molar-refractivity contribution is 9.11. The zero-order chi connectivity index (χ0) is 29.1. The molecule has 206 valence electrons. The molecule has 0 fully saturated rings. The van der Waals surface area contributed by atoms with Crippen molar-refractivity contribution in [3.05, 3.63) is 115 Å². The SMILES string of the molecule is COc1ccc(Br)c2c(-c3ccccc3)c(C(=O)NN=Cc3cc(Br)ccc3OC(=O)c3ccc(Cl)cc3Cl)[nH]c12. The number of aromatic amines is 1. The molecule has 0 unspecified atom stereocenters. The van der Waals surface area contributed by atoms with E-state index in [-0.39, 0.29) is 16.3 Å². The van der Waals surface area contributed by atoms with Crippen LogP contribution < -0.4 is 14.9 Å². The molecule has 0 radical (unpaired) electrons. The van der Waals surface area contributed by atoms with Crippen molar-refractivity contribution in [1.29, 1.82) is 0 Å². The molecule has 41 heavy (non-hydrogen) atoms. The minimum atomic E-state index is -0.669. The number of methoxy groups -OCH3 is 1. The lowest BCUT2D eigenvalue weighted by molar-refractivity contribution is 0.0734. The van der Waals surface area contributed by atoms with Crippen molar-refractivity contribution in [3.8, 4) is 22.6 Å². The Kier molecular flexibility index (Phi) is 8.79. The fourth-order valence-electron chi connectivity index (χ4n) is 4.21. The third-order valence-corrected chi connectivity index (χ3v) is 7.77. The van der Waals surface area contributed by atoms with Gasteiger partial charge in [-0.2, -0.15) is 5.10 Å². The third kappa shape index (κ3) is 6.18. The van der Waals surface area contributed by atoms with E-state index in [4.69, 9.17) is 32.7 Å². The van der Waals surface area contributed by atoms with Gasteiger partial charge >= 0.3 is 5.97 Å². The number of hydrazone groups is 1. The van der Waals surface area contributed by atoms with Crippen LogP contribution in [0.4, 0.5) is 0 Å². The van der Waals surface area contributed by atoms with E-state index in [1.54, 1.807) is 31.4 Å². The van der Waals surface area contributed by atoms with E-state index in [9.17, 15) is 9.59 Å². The molecule has 5 rings (SSSR count). The van der Waals surface area contributed by atoms with Gasteiger partial charge in [-0.15, -0.1) is 0 Å². The second-order valence-corrected chi connectivity index (χ2v) is 11.2. The van der Waals surface area contributed by atoms with Crippen LogP contribution in [-0.4, -0.2) is 30.2 Å². The zero-order valence-electron chi connectivity index (χ0n) is 21.2. The van der Waals surface area contributed by atoms with Crippen LogP contribution in [0.1, 0.15) is 26.4 Å².